The molecule has 1 aromatic rings. The average molecular weight is 282 g/mol. The summed E-state index contributed by atoms with van der Waals surface area (Å²) < 4.78 is 10.3. The highest BCUT2D eigenvalue weighted by atomic mass is 32.1. The second kappa shape index (κ2) is 9.72. The summed E-state index contributed by atoms with van der Waals surface area (Å²) in [6.45, 7) is 2.96. The van der Waals surface area contributed by atoms with Gasteiger partial charge in [0, 0.05) is 31.5 Å². The third kappa shape index (κ3) is 6.52. The molecule has 0 aliphatic heterocycles. The number of rotatable bonds is 10. The Hall–Kier alpha value is -1.17. The molecular formula is C14H22N2O2S. The van der Waals surface area contributed by atoms with E-state index in [1.807, 2.05) is 24.3 Å². The predicted octanol–water partition coefficient (Wildman–Crippen LogP) is 2.18. The van der Waals surface area contributed by atoms with Crippen LogP contribution in [-0.4, -0.2) is 38.5 Å². The molecule has 0 amide bonds. The molecule has 0 aliphatic rings. The van der Waals surface area contributed by atoms with Crippen molar-refractivity contribution in [1.82, 2.24) is 0 Å². The minimum absolute atomic E-state index is 0.422. The Labute approximate surface area is 120 Å². The van der Waals surface area contributed by atoms with Crippen LogP contribution in [0, 0.1) is 0 Å². The largest absolute Gasteiger partial charge is 0.389 e. The van der Waals surface area contributed by atoms with Crippen LogP contribution < -0.4 is 11.1 Å². The molecule has 0 aromatic heterocycles. The van der Waals surface area contributed by atoms with Gasteiger partial charge in [-0.3, -0.25) is 0 Å². The Morgan fingerprint density at radius 1 is 1.21 bits per heavy atom. The third-order valence-corrected chi connectivity index (χ3v) is 2.88. The average Bonchev–Trinajstić information content (AvgIpc) is 2.42. The van der Waals surface area contributed by atoms with Gasteiger partial charge >= 0.3 is 0 Å². The maximum absolute atomic E-state index is 5.67. The van der Waals surface area contributed by atoms with Crippen LogP contribution in [0.2, 0.25) is 0 Å². The highest BCUT2D eigenvalue weighted by Crippen LogP contribution is 2.14. The normalized spacial score (nSPS) is 10.4. The van der Waals surface area contributed by atoms with Crippen LogP contribution in [0.4, 0.5) is 5.69 Å². The number of nitrogens with one attached hydrogen (secondary N) is 1. The summed E-state index contributed by atoms with van der Waals surface area (Å²) in [5.41, 5.74) is 7.57. The smallest absolute Gasteiger partial charge is 0.106 e. The van der Waals surface area contributed by atoms with E-state index < -0.39 is 0 Å². The zero-order valence-electron chi connectivity index (χ0n) is 11.4. The van der Waals surface area contributed by atoms with Gasteiger partial charge < -0.3 is 20.5 Å². The molecule has 106 valence electrons. The molecule has 0 saturated carbocycles. The summed E-state index contributed by atoms with van der Waals surface area (Å²) >= 11 is 5.02. The Balaban J connectivity index is 2.17. The molecule has 4 nitrogen and oxygen atoms in total. The predicted molar refractivity (Wildman–Crippen MR) is 82.7 cm³/mol. The molecule has 0 saturated heterocycles. The summed E-state index contributed by atoms with van der Waals surface area (Å²) in [6, 6.07) is 7.82. The highest BCUT2D eigenvalue weighted by molar-refractivity contribution is 7.80. The van der Waals surface area contributed by atoms with E-state index in [2.05, 4.69) is 5.32 Å². The molecule has 0 spiro atoms. The standard InChI is InChI=1S/C14H22N2O2S/c1-17-10-11-18-9-5-4-8-16-13-7-3-2-6-12(13)14(15)19/h2-3,6-7,16H,4-5,8-11H2,1H3,(H2,15,19). The van der Waals surface area contributed by atoms with Crippen molar-refractivity contribution in [2.24, 2.45) is 5.73 Å². The van der Waals surface area contributed by atoms with Crippen LogP contribution in [0.15, 0.2) is 24.3 Å². The fourth-order valence-electron chi connectivity index (χ4n) is 1.65. The minimum atomic E-state index is 0.422. The number of unbranched alkanes of at least 4 members (excludes halogenated alkanes) is 1. The van der Waals surface area contributed by atoms with Crippen molar-refractivity contribution in [2.45, 2.75) is 12.8 Å². The molecular weight excluding hydrogens is 260 g/mol. The monoisotopic (exact) mass is 282 g/mol. The topological polar surface area (TPSA) is 56.5 Å². The Kier molecular flexibility index (Phi) is 8.13. The molecule has 1 aromatic carbocycles. The molecule has 0 atom stereocenters. The van der Waals surface area contributed by atoms with Gasteiger partial charge in [-0.25, -0.2) is 0 Å². The van der Waals surface area contributed by atoms with E-state index in [1.165, 1.54) is 0 Å². The Morgan fingerprint density at radius 3 is 2.74 bits per heavy atom. The number of hydrogen-bond acceptors (Lipinski definition) is 4. The summed E-state index contributed by atoms with van der Waals surface area (Å²) in [5, 5.41) is 3.35. The van der Waals surface area contributed by atoms with Crippen molar-refractivity contribution in [1.29, 1.82) is 0 Å². The van der Waals surface area contributed by atoms with Crippen molar-refractivity contribution in [2.75, 3.05) is 38.8 Å². The maximum Gasteiger partial charge on any atom is 0.106 e. The number of thiocarbonyl (C=S) groups is 1. The lowest BCUT2D eigenvalue weighted by Gasteiger charge is -2.10. The van der Waals surface area contributed by atoms with Crippen LogP contribution in [0.5, 0.6) is 0 Å². The number of benzene rings is 1. The summed E-state index contributed by atoms with van der Waals surface area (Å²) in [5.74, 6) is 0. The molecule has 0 radical (unpaired) electrons. The minimum Gasteiger partial charge on any atom is -0.389 e. The first-order valence-corrected chi connectivity index (χ1v) is 6.86. The summed E-state index contributed by atoms with van der Waals surface area (Å²) in [7, 11) is 1.67. The summed E-state index contributed by atoms with van der Waals surface area (Å²) in [4.78, 5) is 0.422. The zero-order chi connectivity index (χ0) is 13.9. The molecule has 3 N–H and O–H groups in total. The van der Waals surface area contributed by atoms with Gasteiger partial charge in [-0.05, 0) is 25.0 Å². The fourth-order valence-corrected chi connectivity index (χ4v) is 1.83. The molecule has 5 heteroatoms. The number of nitrogens with two attached hydrogens (primary N) is 1. The van der Waals surface area contributed by atoms with Crippen molar-refractivity contribution >= 4 is 22.9 Å². The number of para-hydroxylation sites is 1. The van der Waals surface area contributed by atoms with E-state index in [4.69, 9.17) is 27.4 Å². The highest BCUT2D eigenvalue weighted by Gasteiger charge is 2.02. The number of anilines is 1. The number of ether oxygens (including phenoxy) is 2. The lowest BCUT2D eigenvalue weighted by Crippen LogP contribution is -2.14. The SMILES string of the molecule is COCCOCCCCNc1ccccc1C(N)=S. The molecule has 0 bridgehead atoms. The summed E-state index contributed by atoms with van der Waals surface area (Å²) in [6.07, 6.45) is 2.06. The van der Waals surface area contributed by atoms with Crippen LogP contribution in [0.1, 0.15) is 18.4 Å². The zero-order valence-corrected chi connectivity index (χ0v) is 12.2. The lowest BCUT2D eigenvalue weighted by molar-refractivity contribution is 0.0691. The van der Waals surface area contributed by atoms with Crippen molar-refractivity contribution < 1.29 is 9.47 Å². The second-order valence-electron chi connectivity index (χ2n) is 4.15. The van der Waals surface area contributed by atoms with Crippen molar-refractivity contribution in [3.63, 3.8) is 0 Å². The van der Waals surface area contributed by atoms with E-state index in [9.17, 15) is 0 Å². The first-order chi connectivity index (χ1) is 9.25. The van der Waals surface area contributed by atoms with Gasteiger partial charge in [-0.15, -0.1) is 0 Å². The molecule has 19 heavy (non-hydrogen) atoms. The van der Waals surface area contributed by atoms with E-state index in [0.29, 0.717) is 18.2 Å². The van der Waals surface area contributed by atoms with Gasteiger partial charge in [0.15, 0.2) is 0 Å². The van der Waals surface area contributed by atoms with Crippen LogP contribution in [0.3, 0.4) is 0 Å². The van der Waals surface area contributed by atoms with E-state index in [1.54, 1.807) is 7.11 Å². The van der Waals surface area contributed by atoms with E-state index >= 15 is 0 Å². The Bertz CT molecular complexity index is 385. The molecule has 0 heterocycles. The first-order valence-electron chi connectivity index (χ1n) is 6.45. The second-order valence-corrected chi connectivity index (χ2v) is 4.59. The Morgan fingerprint density at radius 2 is 2.00 bits per heavy atom. The molecule has 0 unspecified atom stereocenters. The van der Waals surface area contributed by atoms with Gasteiger partial charge in [-0.1, -0.05) is 24.4 Å². The fraction of sp³-hybridized carbons (Fsp3) is 0.500. The van der Waals surface area contributed by atoms with Crippen molar-refractivity contribution in [3.8, 4) is 0 Å². The molecule has 0 aliphatic carbocycles. The van der Waals surface area contributed by atoms with E-state index in [0.717, 1.165) is 37.2 Å². The molecule has 0 fully saturated rings. The van der Waals surface area contributed by atoms with Gasteiger partial charge in [0.1, 0.15) is 4.99 Å². The van der Waals surface area contributed by atoms with Gasteiger partial charge in [0.25, 0.3) is 0 Å². The van der Waals surface area contributed by atoms with Crippen LogP contribution in [-0.2, 0) is 9.47 Å². The quantitative estimate of drug-likeness (QED) is 0.509. The van der Waals surface area contributed by atoms with Gasteiger partial charge in [-0.2, -0.15) is 0 Å². The van der Waals surface area contributed by atoms with E-state index in [-0.39, 0.29) is 0 Å². The lowest BCUT2D eigenvalue weighted by atomic mass is 10.1. The maximum atomic E-state index is 5.67. The van der Waals surface area contributed by atoms with Gasteiger partial charge in [0.05, 0.1) is 13.2 Å². The number of hydrogen-bond donors (Lipinski definition) is 2. The third-order valence-electron chi connectivity index (χ3n) is 2.66. The van der Waals surface area contributed by atoms with Gasteiger partial charge in [0.2, 0.25) is 0 Å². The molecule has 1 rings (SSSR count). The van der Waals surface area contributed by atoms with Crippen molar-refractivity contribution in [3.05, 3.63) is 29.8 Å². The number of methoxy groups -OCH3 is 1. The van der Waals surface area contributed by atoms with Crippen LogP contribution in [0.25, 0.3) is 0 Å². The van der Waals surface area contributed by atoms with Crippen LogP contribution >= 0.6 is 12.2 Å². The first kappa shape index (κ1) is 15.9.